The van der Waals surface area contributed by atoms with Gasteiger partial charge in [0, 0.05) is 19.6 Å². The van der Waals surface area contributed by atoms with E-state index >= 15 is 0 Å². The molecule has 122 valence electrons. The van der Waals surface area contributed by atoms with E-state index in [0.717, 1.165) is 12.0 Å². The van der Waals surface area contributed by atoms with Crippen LogP contribution >= 0.6 is 12.4 Å². The van der Waals surface area contributed by atoms with Crippen LogP contribution in [-0.4, -0.2) is 29.9 Å². The fraction of sp³-hybridized carbons (Fsp3) is 0.588. The maximum Gasteiger partial charge on any atom is 0.239 e. The van der Waals surface area contributed by atoms with Gasteiger partial charge in [-0.25, -0.2) is 4.39 Å². The molecule has 1 heterocycles. The van der Waals surface area contributed by atoms with E-state index in [-0.39, 0.29) is 30.2 Å². The first-order valence-corrected chi connectivity index (χ1v) is 7.89. The van der Waals surface area contributed by atoms with Crippen molar-refractivity contribution in [3.05, 3.63) is 35.6 Å². The monoisotopic (exact) mass is 326 g/mol. The fourth-order valence-corrected chi connectivity index (χ4v) is 3.72. The molecule has 0 aromatic heterocycles. The van der Waals surface area contributed by atoms with Crippen LogP contribution in [0.1, 0.15) is 37.7 Å². The lowest BCUT2D eigenvalue weighted by molar-refractivity contribution is -0.132. The van der Waals surface area contributed by atoms with Gasteiger partial charge in [0.15, 0.2) is 0 Å². The highest BCUT2D eigenvalue weighted by atomic mass is 35.5. The molecule has 1 aliphatic carbocycles. The average Bonchev–Trinajstić information content (AvgIpc) is 2.92. The molecule has 2 fully saturated rings. The van der Waals surface area contributed by atoms with Crippen LogP contribution < -0.4 is 5.32 Å². The summed E-state index contributed by atoms with van der Waals surface area (Å²) in [6, 6.07) is 6.85. The molecule has 1 aromatic rings. The van der Waals surface area contributed by atoms with E-state index in [1.54, 1.807) is 17.0 Å². The lowest BCUT2D eigenvalue weighted by atomic mass is 9.85. The molecule has 22 heavy (non-hydrogen) atoms. The number of fused-ring (bicyclic) bond motifs is 1. The number of nitrogens with zero attached hydrogens (tertiary/aromatic N) is 1. The quantitative estimate of drug-likeness (QED) is 0.925. The van der Waals surface area contributed by atoms with Crippen LogP contribution in [0.4, 0.5) is 4.39 Å². The number of nitrogens with one attached hydrogen (secondary N) is 1. The van der Waals surface area contributed by atoms with Crippen LogP contribution in [0.5, 0.6) is 0 Å². The number of carbonyl (C=O) groups excluding carboxylic acids is 1. The summed E-state index contributed by atoms with van der Waals surface area (Å²) in [5.41, 5.74) is 0.961. The molecule has 3 unspecified atom stereocenters. The van der Waals surface area contributed by atoms with Gasteiger partial charge >= 0.3 is 0 Å². The molecule has 1 aromatic carbocycles. The summed E-state index contributed by atoms with van der Waals surface area (Å²) in [6.45, 7) is 0.534. The first-order valence-electron chi connectivity index (χ1n) is 7.89. The molecular weight excluding hydrogens is 303 g/mol. The van der Waals surface area contributed by atoms with Gasteiger partial charge in [-0.2, -0.15) is 0 Å². The number of halogens is 2. The van der Waals surface area contributed by atoms with E-state index in [1.165, 1.54) is 37.8 Å². The summed E-state index contributed by atoms with van der Waals surface area (Å²) in [5, 5.41) is 3.52. The molecule has 1 amide bonds. The minimum atomic E-state index is -0.241. The Balaban J connectivity index is 0.00000176. The molecule has 0 spiro atoms. The molecule has 3 atom stereocenters. The minimum absolute atomic E-state index is 0. The summed E-state index contributed by atoms with van der Waals surface area (Å²) in [7, 11) is 1.83. The van der Waals surface area contributed by atoms with Gasteiger partial charge in [0.25, 0.3) is 0 Å². The maximum atomic E-state index is 12.9. The summed E-state index contributed by atoms with van der Waals surface area (Å²) in [5.74, 6) is 0.593. The van der Waals surface area contributed by atoms with Crippen molar-refractivity contribution in [3.63, 3.8) is 0 Å². The molecule has 0 radical (unpaired) electrons. The van der Waals surface area contributed by atoms with E-state index in [9.17, 15) is 9.18 Å². The van der Waals surface area contributed by atoms with Crippen molar-refractivity contribution >= 4 is 18.3 Å². The summed E-state index contributed by atoms with van der Waals surface area (Å²) in [4.78, 5) is 14.3. The third-order valence-electron chi connectivity index (χ3n) is 4.87. The standard InChI is InChI=1S/C17H23FN2O.ClH/c1-20(11-12-6-8-14(18)9-7-12)17(21)16-10-13-4-2-3-5-15(13)19-16;/h6-9,13,15-16,19H,2-5,10-11H2,1H3;1H. The zero-order valence-electron chi connectivity index (χ0n) is 12.9. The van der Waals surface area contributed by atoms with Crippen molar-refractivity contribution in [3.8, 4) is 0 Å². The van der Waals surface area contributed by atoms with Gasteiger partial charge in [-0.1, -0.05) is 25.0 Å². The molecular formula is C17H24ClFN2O. The first-order chi connectivity index (χ1) is 10.1. The Bertz CT molecular complexity index is 494. The third-order valence-corrected chi connectivity index (χ3v) is 4.87. The highest BCUT2D eigenvalue weighted by molar-refractivity contribution is 5.85. The molecule has 3 nitrogen and oxygen atoms in total. The third kappa shape index (κ3) is 3.79. The molecule has 2 aliphatic rings. The Morgan fingerprint density at radius 3 is 2.64 bits per heavy atom. The number of amides is 1. The number of benzene rings is 1. The minimum Gasteiger partial charge on any atom is -0.340 e. The highest BCUT2D eigenvalue weighted by Gasteiger charge is 2.39. The molecule has 5 heteroatoms. The smallest absolute Gasteiger partial charge is 0.239 e. The second-order valence-corrected chi connectivity index (χ2v) is 6.43. The molecule has 3 rings (SSSR count). The zero-order chi connectivity index (χ0) is 14.8. The Kier molecular flexibility index (Phi) is 5.81. The molecule has 0 bridgehead atoms. The van der Waals surface area contributed by atoms with E-state index in [0.29, 0.717) is 18.5 Å². The summed E-state index contributed by atoms with van der Waals surface area (Å²) < 4.78 is 12.9. The molecule has 1 saturated heterocycles. The van der Waals surface area contributed by atoms with Gasteiger partial charge in [0.1, 0.15) is 5.82 Å². The Morgan fingerprint density at radius 1 is 1.27 bits per heavy atom. The zero-order valence-corrected chi connectivity index (χ0v) is 13.7. The summed E-state index contributed by atoms with van der Waals surface area (Å²) >= 11 is 0. The van der Waals surface area contributed by atoms with E-state index in [4.69, 9.17) is 0 Å². The normalized spacial score (nSPS) is 26.9. The maximum absolute atomic E-state index is 12.9. The SMILES string of the molecule is CN(Cc1ccc(F)cc1)C(=O)C1CC2CCCCC2N1.Cl. The number of carbonyl (C=O) groups is 1. The predicted molar refractivity (Wildman–Crippen MR) is 87.4 cm³/mol. The van der Waals surface area contributed by atoms with Gasteiger partial charge in [-0.05, 0) is 42.9 Å². The Morgan fingerprint density at radius 2 is 1.95 bits per heavy atom. The van der Waals surface area contributed by atoms with Gasteiger partial charge < -0.3 is 10.2 Å². The Labute approximate surface area is 137 Å². The molecule has 1 aliphatic heterocycles. The number of hydrogen-bond acceptors (Lipinski definition) is 2. The van der Waals surface area contributed by atoms with Crippen LogP contribution in [0.2, 0.25) is 0 Å². The largest absolute Gasteiger partial charge is 0.340 e. The van der Waals surface area contributed by atoms with Crippen LogP contribution in [0.15, 0.2) is 24.3 Å². The topological polar surface area (TPSA) is 32.3 Å². The van der Waals surface area contributed by atoms with Gasteiger partial charge in [0.2, 0.25) is 5.91 Å². The highest BCUT2D eigenvalue weighted by Crippen LogP contribution is 2.33. The van der Waals surface area contributed by atoms with Gasteiger partial charge in [-0.15, -0.1) is 12.4 Å². The predicted octanol–water partition coefficient (Wildman–Crippen LogP) is 3.13. The fourth-order valence-electron chi connectivity index (χ4n) is 3.72. The lowest BCUT2D eigenvalue weighted by Crippen LogP contribution is -2.43. The summed E-state index contributed by atoms with van der Waals surface area (Å²) in [6.07, 6.45) is 6.01. The number of hydrogen-bond donors (Lipinski definition) is 1. The lowest BCUT2D eigenvalue weighted by Gasteiger charge is -2.24. The van der Waals surface area contributed by atoms with Gasteiger partial charge in [0.05, 0.1) is 6.04 Å². The van der Waals surface area contributed by atoms with Crippen LogP contribution in [-0.2, 0) is 11.3 Å². The van der Waals surface area contributed by atoms with Crippen molar-refractivity contribution in [2.75, 3.05) is 7.05 Å². The van der Waals surface area contributed by atoms with Crippen molar-refractivity contribution in [1.29, 1.82) is 0 Å². The van der Waals surface area contributed by atoms with E-state index in [1.807, 2.05) is 7.05 Å². The van der Waals surface area contributed by atoms with Crippen molar-refractivity contribution in [2.24, 2.45) is 5.92 Å². The first kappa shape index (κ1) is 17.2. The molecule has 1 saturated carbocycles. The van der Waals surface area contributed by atoms with Crippen LogP contribution in [0.25, 0.3) is 0 Å². The number of likely N-dealkylation sites (N-methyl/N-ethyl adjacent to an activating group) is 1. The van der Waals surface area contributed by atoms with E-state index in [2.05, 4.69) is 5.32 Å². The van der Waals surface area contributed by atoms with Crippen molar-refractivity contribution in [2.45, 2.75) is 50.7 Å². The van der Waals surface area contributed by atoms with E-state index < -0.39 is 0 Å². The van der Waals surface area contributed by atoms with Gasteiger partial charge in [-0.3, -0.25) is 4.79 Å². The second-order valence-electron chi connectivity index (χ2n) is 6.43. The Hall–Kier alpha value is -1.13. The van der Waals surface area contributed by atoms with Crippen LogP contribution in [0, 0.1) is 11.7 Å². The number of rotatable bonds is 3. The van der Waals surface area contributed by atoms with Crippen LogP contribution in [0.3, 0.4) is 0 Å². The molecule has 1 N–H and O–H groups in total. The van der Waals surface area contributed by atoms with Crippen molar-refractivity contribution in [1.82, 2.24) is 10.2 Å². The van der Waals surface area contributed by atoms with Crippen molar-refractivity contribution < 1.29 is 9.18 Å². The second kappa shape index (κ2) is 7.42. The average molecular weight is 327 g/mol.